The summed E-state index contributed by atoms with van der Waals surface area (Å²) in [6, 6.07) is 12.1. The molecule has 0 saturated heterocycles. The molecule has 0 aliphatic heterocycles. The van der Waals surface area contributed by atoms with Crippen molar-refractivity contribution in [3.8, 4) is 22.9 Å². The van der Waals surface area contributed by atoms with Gasteiger partial charge in [0, 0.05) is 30.4 Å². The molecule has 1 heterocycles. The third-order valence-corrected chi connectivity index (χ3v) is 6.87. The van der Waals surface area contributed by atoms with Gasteiger partial charge in [-0.15, -0.1) is 0 Å². The van der Waals surface area contributed by atoms with Gasteiger partial charge in [0.15, 0.2) is 6.61 Å². The van der Waals surface area contributed by atoms with Crippen LogP contribution in [0, 0.1) is 11.3 Å². The zero-order valence-corrected chi connectivity index (χ0v) is 19.3. The maximum Gasteiger partial charge on any atom is 0.433 e. The van der Waals surface area contributed by atoms with Gasteiger partial charge < -0.3 is 9.84 Å². The van der Waals surface area contributed by atoms with Crippen molar-refractivity contribution in [1.82, 2.24) is 4.98 Å². The fourth-order valence-corrected chi connectivity index (χ4v) is 4.63. The van der Waals surface area contributed by atoms with Crippen molar-refractivity contribution >= 4 is 33.3 Å². The molecular formula is C22H15ClF3N3O5S. The second-order valence-corrected chi connectivity index (χ2v) is 9.34. The molecule has 13 heteroatoms. The Kier molecular flexibility index (Phi) is 7.23. The Morgan fingerprint density at radius 1 is 1.20 bits per heavy atom. The lowest BCUT2D eigenvalue weighted by atomic mass is 10.0. The summed E-state index contributed by atoms with van der Waals surface area (Å²) in [6.07, 6.45) is -4.05. The maximum absolute atomic E-state index is 13.5. The highest BCUT2D eigenvalue weighted by molar-refractivity contribution is 7.93. The molecule has 3 rings (SSSR count). The number of alkyl halides is 3. The first-order valence-electron chi connectivity index (χ1n) is 9.56. The Bertz CT molecular complexity index is 1420. The number of ether oxygens (including phenoxy) is 1. The first-order valence-corrected chi connectivity index (χ1v) is 11.4. The van der Waals surface area contributed by atoms with Crippen LogP contribution in [0.3, 0.4) is 0 Å². The minimum atomic E-state index is -4.81. The van der Waals surface area contributed by atoms with E-state index in [2.05, 4.69) is 4.98 Å². The number of hydrogen-bond acceptors (Lipinski definition) is 6. The maximum atomic E-state index is 13.5. The Labute approximate surface area is 202 Å². The highest BCUT2D eigenvalue weighted by Gasteiger charge is 2.34. The average molecular weight is 526 g/mol. The number of anilines is 1. The standard InChI is InChI=1S/C22H15ClF3N3O5S/c1-29(14-5-3-2-4-6-14)35(32,33)19-8-15(17(23)9-18(19)34-12-21(30)31)16-11-28-20(22(24,25)26)7-13(16)10-27/h2-9,11H,12H2,1H3,(H,30,31). The van der Waals surface area contributed by atoms with Crippen LogP contribution in [0.1, 0.15) is 11.3 Å². The van der Waals surface area contributed by atoms with Crippen LogP contribution in [0.4, 0.5) is 18.9 Å². The average Bonchev–Trinajstić information content (AvgIpc) is 2.81. The van der Waals surface area contributed by atoms with E-state index in [-0.39, 0.29) is 21.8 Å². The number of carbonyl (C=O) groups is 1. The summed E-state index contributed by atoms with van der Waals surface area (Å²) in [5.41, 5.74) is -1.77. The SMILES string of the molecule is CN(c1ccccc1)S(=O)(=O)c1cc(-c2cnc(C(F)(F)F)cc2C#N)c(Cl)cc1OCC(=O)O. The number of aromatic nitrogens is 1. The molecule has 0 aliphatic rings. The van der Waals surface area contributed by atoms with Crippen molar-refractivity contribution in [3.05, 3.63) is 71.0 Å². The van der Waals surface area contributed by atoms with Crippen molar-refractivity contribution in [1.29, 1.82) is 5.26 Å². The number of benzene rings is 2. The first-order chi connectivity index (χ1) is 16.4. The molecule has 2 aromatic carbocycles. The lowest BCUT2D eigenvalue weighted by Gasteiger charge is -2.22. The van der Waals surface area contributed by atoms with E-state index in [1.807, 2.05) is 0 Å². The molecule has 35 heavy (non-hydrogen) atoms. The van der Waals surface area contributed by atoms with E-state index in [9.17, 15) is 31.6 Å². The number of rotatable bonds is 7. The minimum absolute atomic E-state index is 0.118. The van der Waals surface area contributed by atoms with Gasteiger partial charge in [-0.25, -0.2) is 13.2 Å². The third-order valence-electron chi connectivity index (χ3n) is 4.75. The quantitative estimate of drug-likeness (QED) is 0.479. The molecule has 8 nitrogen and oxygen atoms in total. The molecule has 0 fully saturated rings. The van der Waals surface area contributed by atoms with Crippen molar-refractivity contribution in [2.45, 2.75) is 11.1 Å². The van der Waals surface area contributed by atoms with Gasteiger partial charge >= 0.3 is 12.1 Å². The predicted molar refractivity (Wildman–Crippen MR) is 120 cm³/mol. The summed E-state index contributed by atoms with van der Waals surface area (Å²) in [4.78, 5) is 13.8. The molecule has 0 saturated carbocycles. The number of halogens is 4. The van der Waals surface area contributed by atoms with Crippen LogP contribution >= 0.6 is 11.6 Å². The van der Waals surface area contributed by atoms with Gasteiger partial charge in [0.05, 0.1) is 22.3 Å². The van der Waals surface area contributed by atoms with Gasteiger partial charge in [0.2, 0.25) is 0 Å². The van der Waals surface area contributed by atoms with E-state index >= 15 is 0 Å². The summed E-state index contributed by atoms with van der Waals surface area (Å²) < 4.78 is 72.1. The second-order valence-electron chi connectivity index (χ2n) is 6.99. The van der Waals surface area contributed by atoms with Gasteiger partial charge in [-0.3, -0.25) is 9.29 Å². The number of hydrogen-bond donors (Lipinski definition) is 1. The van der Waals surface area contributed by atoms with Crippen LogP contribution in [0.2, 0.25) is 5.02 Å². The highest BCUT2D eigenvalue weighted by atomic mass is 35.5. The number of aliphatic carboxylic acids is 1. The van der Waals surface area contributed by atoms with Gasteiger partial charge in [-0.1, -0.05) is 29.8 Å². The molecule has 1 aromatic heterocycles. The Morgan fingerprint density at radius 2 is 1.86 bits per heavy atom. The monoisotopic (exact) mass is 525 g/mol. The lowest BCUT2D eigenvalue weighted by molar-refractivity contribution is -0.141. The Morgan fingerprint density at radius 3 is 2.43 bits per heavy atom. The van der Waals surface area contributed by atoms with E-state index in [0.717, 1.165) is 22.6 Å². The zero-order valence-electron chi connectivity index (χ0n) is 17.7. The largest absolute Gasteiger partial charge is 0.480 e. The molecule has 182 valence electrons. The van der Waals surface area contributed by atoms with Crippen molar-refractivity contribution in [2.75, 3.05) is 18.0 Å². The number of nitrogens with zero attached hydrogens (tertiary/aromatic N) is 3. The number of carboxylic acid groups (broad SMARTS) is 1. The van der Waals surface area contributed by atoms with Crippen LogP contribution in [0.15, 0.2) is 59.6 Å². The van der Waals surface area contributed by atoms with Gasteiger partial charge in [0.1, 0.15) is 16.3 Å². The number of carboxylic acids is 1. The third kappa shape index (κ3) is 5.47. The van der Waals surface area contributed by atoms with Gasteiger partial charge in [-0.2, -0.15) is 18.4 Å². The lowest BCUT2D eigenvalue weighted by Crippen LogP contribution is -2.27. The number of nitriles is 1. The molecule has 0 aliphatic carbocycles. The second kappa shape index (κ2) is 9.81. The molecule has 0 amide bonds. The van der Waals surface area contributed by atoms with Gasteiger partial charge in [0.25, 0.3) is 10.0 Å². The van der Waals surface area contributed by atoms with E-state index in [0.29, 0.717) is 6.07 Å². The molecule has 0 bridgehead atoms. The fourth-order valence-electron chi connectivity index (χ4n) is 3.04. The van der Waals surface area contributed by atoms with Crippen LogP contribution < -0.4 is 9.04 Å². The number of sulfonamides is 1. The Hall–Kier alpha value is -3.82. The topological polar surface area (TPSA) is 121 Å². The first kappa shape index (κ1) is 25.8. The smallest absolute Gasteiger partial charge is 0.433 e. The summed E-state index contributed by atoms with van der Waals surface area (Å²) >= 11 is 6.26. The van der Waals surface area contributed by atoms with Crippen LogP contribution in [-0.4, -0.2) is 38.1 Å². The van der Waals surface area contributed by atoms with E-state index in [1.165, 1.54) is 19.2 Å². The summed E-state index contributed by atoms with van der Waals surface area (Å²) in [6.45, 7) is -0.890. The predicted octanol–water partition coefficient (Wildman–Crippen LogP) is 4.58. The van der Waals surface area contributed by atoms with Crippen molar-refractivity contribution in [3.63, 3.8) is 0 Å². The molecular weight excluding hydrogens is 511 g/mol. The molecule has 0 atom stereocenters. The van der Waals surface area contributed by atoms with E-state index in [1.54, 1.807) is 24.3 Å². The van der Waals surface area contributed by atoms with Crippen molar-refractivity contribution < 1.29 is 36.2 Å². The number of pyridine rings is 1. The Balaban J connectivity index is 2.24. The van der Waals surface area contributed by atoms with Gasteiger partial charge in [-0.05, 0) is 24.3 Å². The number of para-hydroxylation sites is 1. The summed E-state index contributed by atoms with van der Waals surface area (Å²) in [5, 5.41) is 18.2. The van der Waals surface area contributed by atoms with Crippen LogP contribution in [0.5, 0.6) is 5.75 Å². The summed E-state index contributed by atoms with van der Waals surface area (Å²) in [7, 11) is -3.15. The zero-order chi connectivity index (χ0) is 26.0. The summed E-state index contributed by atoms with van der Waals surface area (Å²) in [5.74, 6) is -1.79. The fraction of sp³-hybridized carbons (Fsp3) is 0.136. The molecule has 0 radical (unpaired) electrons. The highest BCUT2D eigenvalue weighted by Crippen LogP contribution is 2.40. The molecule has 1 N–H and O–H groups in total. The molecule has 3 aromatic rings. The van der Waals surface area contributed by atoms with E-state index < -0.39 is 50.7 Å². The van der Waals surface area contributed by atoms with Crippen LogP contribution in [-0.2, 0) is 21.0 Å². The van der Waals surface area contributed by atoms with Crippen molar-refractivity contribution in [2.24, 2.45) is 0 Å². The minimum Gasteiger partial charge on any atom is -0.480 e. The van der Waals surface area contributed by atoms with E-state index in [4.69, 9.17) is 21.4 Å². The normalized spacial score (nSPS) is 11.5. The van der Waals surface area contributed by atoms with Crippen LogP contribution in [0.25, 0.3) is 11.1 Å². The molecule has 0 spiro atoms. The molecule has 0 unspecified atom stereocenters.